The van der Waals surface area contributed by atoms with Crippen molar-refractivity contribution < 1.29 is 19.1 Å². The van der Waals surface area contributed by atoms with Crippen LogP contribution >= 0.6 is 0 Å². The summed E-state index contributed by atoms with van der Waals surface area (Å²) in [6.07, 6.45) is 6.35. The molecule has 5 nitrogen and oxygen atoms in total. The predicted molar refractivity (Wildman–Crippen MR) is 109 cm³/mol. The Morgan fingerprint density at radius 1 is 1.07 bits per heavy atom. The van der Waals surface area contributed by atoms with Crippen LogP contribution in [0.4, 0.5) is 0 Å². The average Bonchev–Trinajstić information content (AvgIpc) is 2.73. The van der Waals surface area contributed by atoms with E-state index in [1.54, 1.807) is 44.5 Å². The molecule has 1 fully saturated rings. The molecule has 1 saturated carbocycles. The van der Waals surface area contributed by atoms with Gasteiger partial charge in [0.1, 0.15) is 11.5 Å². The van der Waals surface area contributed by atoms with Crippen molar-refractivity contribution >= 4 is 11.9 Å². The first-order valence-electron chi connectivity index (χ1n) is 9.82. The minimum Gasteiger partial charge on any atom is -0.496 e. The Morgan fingerprint density at radius 2 is 1.86 bits per heavy atom. The molecule has 1 aliphatic rings. The summed E-state index contributed by atoms with van der Waals surface area (Å²) in [5, 5.41) is 2.63. The lowest BCUT2D eigenvalue weighted by Crippen LogP contribution is -2.17. The minimum atomic E-state index is -0.192. The topological polar surface area (TPSA) is 64.6 Å². The van der Waals surface area contributed by atoms with E-state index in [0.717, 1.165) is 24.0 Å². The Kier molecular flexibility index (Phi) is 6.69. The molecule has 0 heterocycles. The van der Waals surface area contributed by atoms with Gasteiger partial charge in [0.15, 0.2) is 0 Å². The van der Waals surface area contributed by atoms with E-state index in [4.69, 9.17) is 9.47 Å². The van der Waals surface area contributed by atoms with E-state index < -0.39 is 0 Å². The van der Waals surface area contributed by atoms with E-state index in [1.165, 1.54) is 19.3 Å². The summed E-state index contributed by atoms with van der Waals surface area (Å²) in [5.74, 6) is 1.23. The van der Waals surface area contributed by atoms with Gasteiger partial charge in [-0.15, -0.1) is 0 Å². The zero-order valence-electron chi connectivity index (χ0n) is 16.5. The maximum Gasteiger partial charge on any atom is 0.311 e. The Balaban J connectivity index is 1.80. The number of hydrogen-bond acceptors (Lipinski definition) is 4. The first-order valence-corrected chi connectivity index (χ1v) is 9.82. The fourth-order valence-corrected chi connectivity index (χ4v) is 3.75. The van der Waals surface area contributed by atoms with Gasteiger partial charge in [0.2, 0.25) is 0 Å². The number of esters is 1. The van der Waals surface area contributed by atoms with Crippen LogP contribution in [0, 0.1) is 5.92 Å². The fourth-order valence-electron chi connectivity index (χ4n) is 3.75. The number of carbonyl (C=O) groups is 2. The maximum absolute atomic E-state index is 12.4. The van der Waals surface area contributed by atoms with Crippen molar-refractivity contribution in [3.8, 4) is 22.6 Å². The van der Waals surface area contributed by atoms with Gasteiger partial charge in [-0.05, 0) is 54.7 Å². The van der Waals surface area contributed by atoms with Crippen molar-refractivity contribution in [3.63, 3.8) is 0 Å². The van der Waals surface area contributed by atoms with Gasteiger partial charge >= 0.3 is 5.97 Å². The summed E-state index contributed by atoms with van der Waals surface area (Å²) in [6.45, 7) is 0. The highest BCUT2D eigenvalue weighted by Gasteiger charge is 2.19. The summed E-state index contributed by atoms with van der Waals surface area (Å²) in [4.78, 5) is 24.3. The molecule has 1 amide bonds. The van der Waals surface area contributed by atoms with Gasteiger partial charge in [-0.3, -0.25) is 9.59 Å². The lowest BCUT2D eigenvalue weighted by atomic mass is 9.87. The molecule has 0 unspecified atom stereocenters. The van der Waals surface area contributed by atoms with Crippen LogP contribution < -0.4 is 14.8 Å². The number of benzene rings is 2. The second-order valence-corrected chi connectivity index (χ2v) is 7.20. The highest BCUT2D eigenvalue weighted by atomic mass is 16.5. The van der Waals surface area contributed by atoms with Crippen molar-refractivity contribution in [1.29, 1.82) is 0 Å². The lowest BCUT2D eigenvalue weighted by Gasteiger charge is -2.20. The Hall–Kier alpha value is -2.82. The summed E-state index contributed by atoms with van der Waals surface area (Å²) in [7, 11) is 3.19. The standard InChI is InChI=1S/C23H27NO4/c1-24-23(26)18-10-6-9-17(14-18)20-15-19(11-12-21(20)27-2)28-22(25)13-16-7-4-3-5-8-16/h6,9-12,14-16H,3-5,7-8,13H2,1-2H3,(H,24,26). The van der Waals surface area contributed by atoms with Crippen LogP contribution in [-0.2, 0) is 4.79 Å². The van der Waals surface area contributed by atoms with E-state index >= 15 is 0 Å². The molecule has 0 bridgehead atoms. The number of methoxy groups -OCH3 is 1. The average molecular weight is 381 g/mol. The van der Waals surface area contributed by atoms with Crippen LogP contribution in [0.5, 0.6) is 11.5 Å². The highest BCUT2D eigenvalue weighted by molar-refractivity contribution is 5.95. The number of rotatable bonds is 6. The molecule has 148 valence electrons. The van der Waals surface area contributed by atoms with Crippen LogP contribution in [0.25, 0.3) is 11.1 Å². The fraction of sp³-hybridized carbons (Fsp3) is 0.391. The molecule has 0 aromatic heterocycles. The van der Waals surface area contributed by atoms with Crippen LogP contribution in [0.15, 0.2) is 42.5 Å². The maximum atomic E-state index is 12.4. The number of nitrogens with one attached hydrogen (secondary N) is 1. The van der Waals surface area contributed by atoms with Gasteiger partial charge in [-0.2, -0.15) is 0 Å². The van der Waals surface area contributed by atoms with E-state index in [2.05, 4.69) is 5.32 Å². The zero-order valence-corrected chi connectivity index (χ0v) is 16.5. The van der Waals surface area contributed by atoms with Gasteiger partial charge in [-0.1, -0.05) is 31.4 Å². The summed E-state index contributed by atoms with van der Waals surface area (Å²) in [6, 6.07) is 12.6. The third-order valence-corrected chi connectivity index (χ3v) is 5.25. The van der Waals surface area contributed by atoms with Gasteiger partial charge < -0.3 is 14.8 Å². The zero-order chi connectivity index (χ0) is 19.9. The predicted octanol–water partition coefficient (Wildman–Crippen LogP) is 4.60. The molecule has 0 atom stereocenters. The molecule has 0 aliphatic heterocycles. The summed E-state index contributed by atoms with van der Waals surface area (Å²) in [5.41, 5.74) is 2.15. The van der Waals surface area contributed by atoms with E-state index in [9.17, 15) is 9.59 Å². The molecular weight excluding hydrogens is 354 g/mol. The van der Waals surface area contributed by atoms with E-state index in [1.807, 2.05) is 12.1 Å². The smallest absolute Gasteiger partial charge is 0.311 e. The molecule has 3 rings (SSSR count). The first-order chi connectivity index (χ1) is 13.6. The largest absolute Gasteiger partial charge is 0.496 e. The summed E-state index contributed by atoms with van der Waals surface area (Å²) < 4.78 is 11.1. The van der Waals surface area contributed by atoms with Crippen molar-refractivity contribution in [3.05, 3.63) is 48.0 Å². The van der Waals surface area contributed by atoms with Gasteiger partial charge in [0, 0.05) is 24.6 Å². The molecule has 0 spiro atoms. The highest BCUT2D eigenvalue weighted by Crippen LogP contribution is 2.34. The van der Waals surface area contributed by atoms with Gasteiger partial charge in [0.25, 0.3) is 5.91 Å². The molecule has 0 saturated heterocycles. The number of ether oxygens (including phenoxy) is 2. The van der Waals surface area contributed by atoms with Gasteiger partial charge in [-0.25, -0.2) is 0 Å². The molecule has 1 N–H and O–H groups in total. The third-order valence-electron chi connectivity index (χ3n) is 5.25. The molecule has 2 aromatic carbocycles. The second-order valence-electron chi connectivity index (χ2n) is 7.20. The van der Waals surface area contributed by atoms with Crippen LogP contribution in [0.2, 0.25) is 0 Å². The molecule has 1 aliphatic carbocycles. The Morgan fingerprint density at radius 3 is 2.57 bits per heavy atom. The van der Waals surface area contributed by atoms with Crippen molar-refractivity contribution in [2.75, 3.05) is 14.2 Å². The Bertz CT molecular complexity index is 840. The van der Waals surface area contributed by atoms with Gasteiger partial charge in [0.05, 0.1) is 7.11 Å². The monoisotopic (exact) mass is 381 g/mol. The van der Waals surface area contributed by atoms with Crippen LogP contribution in [0.3, 0.4) is 0 Å². The normalized spacial score (nSPS) is 14.4. The van der Waals surface area contributed by atoms with E-state index in [0.29, 0.717) is 29.4 Å². The number of hydrogen-bond donors (Lipinski definition) is 1. The lowest BCUT2D eigenvalue weighted by molar-refractivity contribution is -0.135. The molecule has 5 heteroatoms. The number of carbonyl (C=O) groups excluding carboxylic acids is 2. The van der Waals surface area contributed by atoms with Crippen LogP contribution in [0.1, 0.15) is 48.9 Å². The number of amides is 1. The summed E-state index contributed by atoms with van der Waals surface area (Å²) >= 11 is 0. The minimum absolute atomic E-state index is 0.157. The van der Waals surface area contributed by atoms with Crippen LogP contribution in [-0.4, -0.2) is 26.0 Å². The second kappa shape index (κ2) is 9.40. The van der Waals surface area contributed by atoms with Crippen molar-refractivity contribution in [1.82, 2.24) is 5.32 Å². The van der Waals surface area contributed by atoms with Crippen molar-refractivity contribution in [2.45, 2.75) is 38.5 Å². The molecule has 0 radical (unpaired) electrons. The third kappa shape index (κ3) is 4.91. The SMILES string of the molecule is CNC(=O)c1cccc(-c2cc(OC(=O)CC3CCCCC3)ccc2OC)c1. The van der Waals surface area contributed by atoms with E-state index in [-0.39, 0.29) is 11.9 Å². The van der Waals surface area contributed by atoms with Crippen molar-refractivity contribution in [2.24, 2.45) is 5.92 Å². The first kappa shape index (κ1) is 19.9. The Labute approximate surface area is 166 Å². The molecular formula is C23H27NO4. The molecule has 28 heavy (non-hydrogen) atoms. The quantitative estimate of drug-likeness (QED) is 0.587. The molecule has 2 aromatic rings.